The van der Waals surface area contributed by atoms with Crippen molar-refractivity contribution in [3.05, 3.63) is 55.1 Å². The van der Waals surface area contributed by atoms with E-state index in [-0.39, 0.29) is 11.7 Å². The second-order valence-electron chi connectivity index (χ2n) is 5.41. The zero-order valence-corrected chi connectivity index (χ0v) is 13.2. The second kappa shape index (κ2) is 9.17. The first-order valence-corrected chi connectivity index (χ1v) is 7.49. The van der Waals surface area contributed by atoms with E-state index in [1.165, 1.54) is 0 Å². The van der Waals surface area contributed by atoms with Crippen LogP contribution in [-0.4, -0.2) is 12.9 Å². The molecule has 2 atom stereocenters. The van der Waals surface area contributed by atoms with Gasteiger partial charge in [0.1, 0.15) is 11.5 Å². The van der Waals surface area contributed by atoms with Crippen molar-refractivity contribution in [1.82, 2.24) is 0 Å². The average Bonchev–Trinajstić information content (AvgIpc) is 2.49. The SMILES string of the molecule is C=CCCC[C@@H](C=C)[C@H](CC(C)=O)c1cccc(OC)c1. The molecule has 2 nitrogen and oxygen atoms in total. The molecule has 0 saturated carbocycles. The quantitative estimate of drug-likeness (QED) is 0.451. The van der Waals surface area contributed by atoms with E-state index in [0.717, 1.165) is 30.6 Å². The summed E-state index contributed by atoms with van der Waals surface area (Å²) >= 11 is 0. The molecule has 1 aromatic rings. The molecule has 0 aliphatic rings. The number of ketones is 1. The third kappa shape index (κ3) is 5.58. The lowest BCUT2D eigenvalue weighted by atomic mass is 9.80. The molecule has 0 aliphatic carbocycles. The van der Waals surface area contributed by atoms with Gasteiger partial charge in [-0.25, -0.2) is 0 Å². The maximum atomic E-state index is 11.7. The normalized spacial score (nSPS) is 13.2. The summed E-state index contributed by atoms with van der Waals surface area (Å²) < 4.78 is 5.30. The molecule has 0 radical (unpaired) electrons. The molecule has 0 bridgehead atoms. The van der Waals surface area contributed by atoms with Crippen molar-refractivity contribution >= 4 is 5.78 Å². The van der Waals surface area contributed by atoms with Crippen LogP contribution < -0.4 is 4.74 Å². The molecule has 0 saturated heterocycles. The highest BCUT2D eigenvalue weighted by atomic mass is 16.5. The molecule has 1 aromatic carbocycles. The monoisotopic (exact) mass is 286 g/mol. The Hall–Kier alpha value is -1.83. The van der Waals surface area contributed by atoms with Gasteiger partial charge in [0.05, 0.1) is 7.11 Å². The van der Waals surface area contributed by atoms with Gasteiger partial charge in [0.25, 0.3) is 0 Å². The maximum Gasteiger partial charge on any atom is 0.130 e. The van der Waals surface area contributed by atoms with Crippen molar-refractivity contribution in [1.29, 1.82) is 0 Å². The summed E-state index contributed by atoms with van der Waals surface area (Å²) in [5.74, 6) is 1.49. The molecule has 0 aromatic heterocycles. The van der Waals surface area contributed by atoms with Crippen LogP contribution in [0.5, 0.6) is 5.75 Å². The highest BCUT2D eigenvalue weighted by Gasteiger charge is 2.22. The number of benzene rings is 1. The van der Waals surface area contributed by atoms with Crippen LogP contribution in [0.3, 0.4) is 0 Å². The maximum absolute atomic E-state index is 11.7. The summed E-state index contributed by atoms with van der Waals surface area (Å²) in [4.78, 5) is 11.7. The summed E-state index contributed by atoms with van der Waals surface area (Å²) in [6.07, 6.45) is 7.54. The minimum atomic E-state index is 0.167. The Morgan fingerprint density at radius 3 is 2.71 bits per heavy atom. The van der Waals surface area contributed by atoms with Crippen LogP contribution in [0.15, 0.2) is 49.6 Å². The van der Waals surface area contributed by atoms with Crippen molar-refractivity contribution in [2.45, 2.75) is 38.5 Å². The molecule has 0 aliphatic heterocycles. The molecule has 2 heteroatoms. The molecule has 1 rings (SSSR count). The Bertz CT molecular complexity index is 476. The van der Waals surface area contributed by atoms with Gasteiger partial charge < -0.3 is 9.53 Å². The van der Waals surface area contributed by atoms with E-state index in [1.54, 1.807) is 14.0 Å². The van der Waals surface area contributed by atoms with Gasteiger partial charge in [-0.2, -0.15) is 0 Å². The van der Waals surface area contributed by atoms with E-state index in [9.17, 15) is 4.79 Å². The van der Waals surface area contributed by atoms with Crippen LogP contribution >= 0.6 is 0 Å². The summed E-state index contributed by atoms with van der Waals surface area (Å²) in [6, 6.07) is 8.00. The Morgan fingerprint density at radius 2 is 2.14 bits per heavy atom. The first kappa shape index (κ1) is 17.2. The zero-order valence-electron chi connectivity index (χ0n) is 13.2. The van der Waals surface area contributed by atoms with E-state index in [1.807, 2.05) is 30.4 Å². The van der Waals surface area contributed by atoms with Crippen LogP contribution in [0.25, 0.3) is 0 Å². The fourth-order valence-electron chi connectivity index (χ4n) is 2.68. The molecule has 21 heavy (non-hydrogen) atoms. The van der Waals surface area contributed by atoms with E-state index < -0.39 is 0 Å². The number of methoxy groups -OCH3 is 1. The number of ether oxygens (including phenoxy) is 1. The lowest BCUT2D eigenvalue weighted by molar-refractivity contribution is -0.117. The molecule has 0 N–H and O–H groups in total. The van der Waals surface area contributed by atoms with Gasteiger partial charge in [0.2, 0.25) is 0 Å². The average molecular weight is 286 g/mol. The lowest BCUT2D eigenvalue weighted by Crippen LogP contribution is -2.14. The van der Waals surface area contributed by atoms with Gasteiger partial charge in [-0.15, -0.1) is 13.2 Å². The molecule has 0 heterocycles. The van der Waals surface area contributed by atoms with Crippen LogP contribution in [0.2, 0.25) is 0 Å². The van der Waals surface area contributed by atoms with Crippen molar-refractivity contribution < 1.29 is 9.53 Å². The van der Waals surface area contributed by atoms with Gasteiger partial charge in [-0.05, 0) is 55.7 Å². The van der Waals surface area contributed by atoms with Gasteiger partial charge in [-0.3, -0.25) is 0 Å². The number of carbonyl (C=O) groups is 1. The largest absolute Gasteiger partial charge is 0.497 e. The Balaban J connectivity index is 2.98. The number of carbonyl (C=O) groups excluding carboxylic acids is 1. The molecule has 0 unspecified atom stereocenters. The Morgan fingerprint density at radius 1 is 1.38 bits per heavy atom. The van der Waals surface area contributed by atoms with Crippen LogP contribution in [0.1, 0.15) is 44.1 Å². The van der Waals surface area contributed by atoms with Gasteiger partial charge in [-0.1, -0.05) is 24.3 Å². The van der Waals surface area contributed by atoms with Crippen LogP contribution in [-0.2, 0) is 4.79 Å². The second-order valence-corrected chi connectivity index (χ2v) is 5.41. The summed E-state index contributed by atoms with van der Waals surface area (Å²) in [7, 11) is 1.66. The fraction of sp³-hybridized carbons (Fsp3) is 0.421. The van der Waals surface area contributed by atoms with Crippen LogP contribution in [0, 0.1) is 5.92 Å². The molecular formula is C19H26O2. The highest BCUT2D eigenvalue weighted by Crippen LogP contribution is 2.34. The lowest BCUT2D eigenvalue weighted by Gasteiger charge is -2.24. The van der Waals surface area contributed by atoms with Gasteiger partial charge >= 0.3 is 0 Å². The number of hydrogen-bond donors (Lipinski definition) is 0. The molecular weight excluding hydrogens is 260 g/mol. The topological polar surface area (TPSA) is 26.3 Å². The predicted octanol–water partition coefficient (Wildman–Crippen LogP) is 4.92. The van der Waals surface area contributed by atoms with E-state index in [2.05, 4.69) is 19.2 Å². The van der Waals surface area contributed by atoms with Crippen molar-refractivity contribution in [2.75, 3.05) is 7.11 Å². The number of unbranched alkanes of at least 4 members (excludes halogenated alkanes) is 1. The van der Waals surface area contributed by atoms with E-state index >= 15 is 0 Å². The van der Waals surface area contributed by atoms with Gasteiger partial charge in [0, 0.05) is 6.42 Å². The minimum absolute atomic E-state index is 0.167. The number of allylic oxidation sites excluding steroid dienone is 2. The molecule has 0 spiro atoms. The first-order valence-electron chi connectivity index (χ1n) is 7.49. The highest BCUT2D eigenvalue weighted by molar-refractivity contribution is 5.76. The molecule has 0 amide bonds. The van der Waals surface area contributed by atoms with E-state index in [4.69, 9.17) is 4.74 Å². The third-order valence-electron chi connectivity index (χ3n) is 3.79. The number of Topliss-reactive ketones (excluding diaryl/α,β-unsaturated/α-hetero) is 1. The summed E-state index contributed by atoms with van der Waals surface area (Å²) in [5, 5.41) is 0. The van der Waals surface area contributed by atoms with Crippen molar-refractivity contribution in [2.24, 2.45) is 5.92 Å². The predicted molar refractivity (Wildman–Crippen MR) is 88.8 cm³/mol. The van der Waals surface area contributed by atoms with Crippen LogP contribution in [0.4, 0.5) is 0 Å². The van der Waals surface area contributed by atoms with E-state index in [0.29, 0.717) is 12.3 Å². The fourth-order valence-corrected chi connectivity index (χ4v) is 2.68. The summed E-state index contributed by atoms with van der Waals surface area (Å²) in [5.41, 5.74) is 1.15. The Kier molecular flexibility index (Phi) is 7.52. The summed E-state index contributed by atoms with van der Waals surface area (Å²) in [6.45, 7) is 9.38. The molecule has 114 valence electrons. The first-order chi connectivity index (χ1) is 10.1. The van der Waals surface area contributed by atoms with Crippen molar-refractivity contribution in [3.8, 4) is 5.75 Å². The number of rotatable bonds is 10. The van der Waals surface area contributed by atoms with Crippen molar-refractivity contribution in [3.63, 3.8) is 0 Å². The number of hydrogen-bond acceptors (Lipinski definition) is 2. The molecule has 0 fully saturated rings. The third-order valence-corrected chi connectivity index (χ3v) is 3.79. The minimum Gasteiger partial charge on any atom is -0.497 e. The van der Waals surface area contributed by atoms with Gasteiger partial charge in [0.15, 0.2) is 0 Å². The smallest absolute Gasteiger partial charge is 0.130 e. The standard InChI is InChI=1S/C19H26O2/c1-5-7-8-10-16(6-2)19(13-15(3)20)17-11-9-12-18(14-17)21-4/h5-6,9,11-12,14,16,19H,1-2,7-8,10,13H2,3-4H3/t16-,19+/m1/s1. The zero-order chi connectivity index (χ0) is 15.7. The Labute approximate surface area is 128 Å².